The molecule has 13 N–H and O–H groups in total. The maximum absolute atomic E-state index is 11.6. The molecule has 0 aromatic heterocycles. The van der Waals surface area contributed by atoms with Crippen LogP contribution >= 0.6 is 0 Å². The van der Waals surface area contributed by atoms with Crippen molar-refractivity contribution in [2.75, 3.05) is 33.5 Å². The molecule has 0 amide bonds. The molecule has 5 aliphatic heterocycles. The molecule has 0 spiro atoms. The van der Waals surface area contributed by atoms with Gasteiger partial charge >= 0.3 is 0 Å². The van der Waals surface area contributed by atoms with Gasteiger partial charge in [-0.05, 0) is 106 Å². The second kappa shape index (κ2) is 22.7. The highest BCUT2D eigenvalue weighted by atomic mass is 16.8. The Balaban J connectivity index is 0.887. The van der Waals surface area contributed by atoms with Crippen molar-refractivity contribution in [2.24, 2.45) is 40.4 Å². The fraction of sp³-hybridized carbons (Fsp3) is 0.923. The first kappa shape index (κ1) is 58.1. The average molecular weight is 1080 g/mol. The number of allylic oxidation sites excluding steroid dienone is 2. The highest BCUT2D eigenvalue weighted by Crippen LogP contribution is 2.70. The van der Waals surface area contributed by atoms with Crippen LogP contribution in [0.3, 0.4) is 0 Å². The van der Waals surface area contributed by atoms with E-state index in [9.17, 15) is 66.4 Å². The topological polar surface area (TPSA) is 355 Å². The third-order valence-electron chi connectivity index (χ3n) is 19.3. The molecule has 5 saturated heterocycles. The van der Waals surface area contributed by atoms with Crippen LogP contribution in [0.1, 0.15) is 86.0 Å². The van der Waals surface area contributed by atoms with Crippen LogP contribution in [-0.2, 0) is 47.4 Å². The quantitative estimate of drug-likeness (QED) is 0.0758. The van der Waals surface area contributed by atoms with E-state index >= 15 is 0 Å². The van der Waals surface area contributed by atoms with Gasteiger partial charge in [-0.3, -0.25) is 0 Å². The number of ether oxygens (including phenoxy) is 10. The lowest BCUT2D eigenvalue weighted by Gasteiger charge is -2.59. The Morgan fingerprint density at radius 1 is 0.653 bits per heavy atom. The van der Waals surface area contributed by atoms with Crippen molar-refractivity contribution in [2.45, 2.75) is 227 Å². The molecule has 30 unspecified atom stereocenters. The van der Waals surface area contributed by atoms with Crippen LogP contribution in [0, 0.1) is 40.4 Å². The van der Waals surface area contributed by atoms with E-state index in [2.05, 4.69) is 32.9 Å². The average Bonchev–Trinajstić information content (AvgIpc) is 3.97. The SMILES string of the molecule is COC1(C)C(=CCC(C)COC2OC(CO)C(O)C(O)C2O)OC2CC3C4CC=C5CC(OC6OC(CO)C(O)C(OC7OC(CO)C(O)C(O)C7O)C6OC6OC(C)C(O)C(O)C6O)CCC5(C)C4CCC3(C)C21. The first-order valence-corrected chi connectivity index (χ1v) is 27.0. The summed E-state index contributed by atoms with van der Waals surface area (Å²) >= 11 is 0. The predicted molar refractivity (Wildman–Crippen MR) is 255 cm³/mol. The van der Waals surface area contributed by atoms with E-state index < -0.39 is 154 Å². The Morgan fingerprint density at radius 2 is 1.23 bits per heavy atom. The molecular weight excluding hydrogens is 993 g/mol. The highest BCUT2D eigenvalue weighted by molar-refractivity contribution is 5.30. The lowest BCUT2D eigenvalue weighted by Crippen LogP contribution is -2.67. The van der Waals surface area contributed by atoms with E-state index in [0.717, 1.165) is 37.9 Å². The molecule has 0 aromatic rings. The first-order chi connectivity index (χ1) is 35.5. The van der Waals surface area contributed by atoms with E-state index in [4.69, 9.17) is 47.4 Å². The Kier molecular flexibility index (Phi) is 17.6. The molecule has 9 rings (SSSR count). The van der Waals surface area contributed by atoms with E-state index in [1.165, 1.54) is 12.5 Å². The van der Waals surface area contributed by atoms with E-state index in [-0.39, 0.29) is 35.4 Å². The smallest absolute Gasteiger partial charge is 0.187 e. The Hall–Kier alpha value is -1.60. The monoisotopic (exact) mass is 1080 g/mol. The predicted octanol–water partition coefficient (Wildman–Crippen LogP) is -2.43. The van der Waals surface area contributed by atoms with Gasteiger partial charge in [0.05, 0.1) is 38.6 Å². The summed E-state index contributed by atoms with van der Waals surface area (Å²) in [6.45, 7) is 8.48. The lowest BCUT2D eigenvalue weighted by molar-refractivity contribution is -0.394. The van der Waals surface area contributed by atoms with Gasteiger partial charge in [0.15, 0.2) is 25.2 Å². The van der Waals surface area contributed by atoms with Crippen molar-refractivity contribution in [1.82, 2.24) is 0 Å². The van der Waals surface area contributed by atoms with Crippen molar-refractivity contribution >= 4 is 0 Å². The van der Waals surface area contributed by atoms with Crippen LogP contribution in [0.15, 0.2) is 23.5 Å². The Bertz CT molecular complexity index is 2000. The molecule has 0 radical (unpaired) electrons. The van der Waals surface area contributed by atoms with Crippen molar-refractivity contribution in [3.05, 3.63) is 23.5 Å². The second-order valence-corrected chi connectivity index (χ2v) is 23.7. The second-order valence-electron chi connectivity index (χ2n) is 23.7. The van der Waals surface area contributed by atoms with E-state index in [0.29, 0.717) is 37.0 Å². The summed E-state index contributed by atoms with van der Waals surface area (Å²) in [6.07, 6.45) is -20.5. The zero-order valence-corrected chi connectivity index (χ0v) is 43.6. The maximum Gasteiger partial charge on any atom is 0.187 e. The highest BCUT2D eigenvalue weighted by Gasteiger charge is 2.69. The summed E-state index contributed by atoms with van der Waals surface area (Å²) in [5, 5.41) is 137. The van der Waals surface area contributed by atoms with Crippen LogP contribution in [0.2, 0.25) is 0 Å². The fourth-order valence-electron chi connectivity index (χ4n) is 14.8. The molecule has 3 saturated carbocycles. The minimum absolute atomic E-state index is 0.0514. The number of aliphatic hydroxyl groups is 13. The summed E-state index contributed by atoms with van der Waals surface area (Å²) < 4.78 is 61.5. The number of rotatable bonds is 15. The molecular formula is C52H84O23. The fourth-order valence-corrected chi connectivity index (χ4v) is 14.8. The van der Waals surface area contributed by atoms with Crippen LogP contribution < -0.4 is 0 Å². The molecule has 75 heavy (non-hydrogen) atoms. The minimum Gasteiger partial charge on any atom is -0.492 e. The number of hydrogen-bond acceptors (Lipinski definition) is 23. The summed E-state index contributed by atoms with van der Waals surface area (Å²) in [4.78, 5) is 0. The summed E-state index contributed by atoms with van der Waals surface area (Å²) in [5.74, 6) is 1.92. The number of aliphatic hydroxyl groups excluding tert-OH is 13. The van der Waals surface area contributed by atoms with Gasteiger partial charge < -0.3 is 114 Å². The largest absolute Gasteiger partial charge is 0.492 e. The van der Waals surface area contributed by atoms with Gasteiger partial charge in [0.25, 0.3) is 0 Å². The summed E-state index contributed by atoms with van der Waals surface area (Å²) in [5.41, 5.74) is 0.290. The normalized spacial score (nSPS) is 53.8. The van der Waals surface area contributed by atoms with Gasteiger partial charge in [0.2, 0.25) is 0 Å². The summed E-state index contributed by atoms with van der Waals surface area (Å²) in [6, 6.07) is 0. The molecule has 0 bridgehead atoms. The van der Waals surface area contributed by atoms with Crippen molar-refractivity contribution < 1.29 is 114 Å². The third-order valence-corrected chi connectivity index (χ3v) is 19.3. The van der Waals surface area contributed by atoms with Gasteiger partial charge in [-0.15, -0.1) is 0 Å². The molecule has 5 heterocycles. The van der Waals surface area contributed by atoms with Crippen LogP contribution in [-0.4, -0.2) is 241 Å². The van der Waals surface area contributed by atoms with Crippen LogP contribution in [0.4, 0.5) is 0 Å². The molecule has 9 aliphatic rings. The first-order valence-electron chi connectivity index (χ1n) is 27.0. The molecule has 4 aliphatic carbocycles. The van der Waals surface area contributed by atoms with Gasteiger partial charge in [0.1, 0.15) is 109 Å². The molecule has 0 aromatic carbocycles. The Morgan fingerprint density at radius 3 is 1.87 bits per heavy atom. The molecule has 23 heteroatoms. The zero-order valence-electron chi connectivity index (χ0n) is 43.6. The van der Waals surface area contributed by atoms with Gasteiger partial charge in [0, 0.05) is 13.0 Å². The third kappa shape index (κ3) is 10.3. The number of hydrogen-bond donors (Lipinski definition) is 13. The van der Waals surface area contributed by atoms with E-state index in [1.54, 1.807) is 7.11 Å². The number of methoxy groups -OCH3 is 1. The van der Waals surface area contributed by atoms with Crippen LogP contribution in [0.5, 0.6) is 0 Å². The van der Waals surface area contributed by atoms with Crippen molar-refractivity contribution in [3.63, 3.8) is 0 Å². The molecule has 30 atom stereocenters. The number of fused-ring (bicyclic) bond motifs is 7. The molecule has 430 valence electrons. The zero-order chi connectivity index (χ0) is 54.2. The summed E-state index contributed by atoms with van der Waals surface area (Å²) in [7, 11) is 1.74. The lowest BCUT2D eigenvalue weighted by atomic mass is 9.46. The van der Waals surface area contributed by atoms with Gasteiger partial charge in [-0.1, -0.05) is 32.4 Å². The molecule has 23 nitrogen and oxygen atoms in total. The standard InChI is InChI=1S/C52H84O23/c1-21(20-67-46-40(63)38(61)34(57)29(17-53)71-46)7-10-32-52(5,66-6)45-28(70-32)16-27-25-9-8-23-15-24(11-13-50(23,3)26(25)12-14-51(27,45)4)69-49-44(75-47-41(64)37(60)33(56)22(2)68-47)43(36(59)31(19-55)73-49)74-48-42(65)39(62)35(58)30(18-54)72-48/h8,10,21-22,24-31,33-49,53-65H,7,9,11-20H2,1-6H3. The Labute approximate surface area is 436 Å². The van der Waals surface area contributed by atoms with Crippen LogP contribution in [0.25, 0.3) is 0 Å². The van der Waals surface area contributed by atoms with Gasteiger partial charge in [-0.2, -0.15) is 0 Å². The molecule has 8 fully saturated rings. The van der Waals surface area contributed by atoms with Crippen molar-refractivity contribution in [1.29, 1.82) is 0 Å². The minimum atomic E-state index is -1.88. The van der Waals surface area contributed by atoms with Gasteiger partial charge in [-0.25, -0.2) is 0 Å². The van der Waals surface area contributed by atoms with Crippen molar-refractivity contribution in [3.8, 4) is 0 Å². The van der Waals surface area contributed by atoms with E-state index in [1.807, 2.05) is 6.92 Å². The maximum atomic E-state index is 11.6.